The van der Waals surface area contributed by atoms with Gasteiger partial charge in [-0.1, -0.05) is 11.6 Å². The van der Waals surface area contributed by atoms with E-state index in [1.54, 1.807) is 43.4 Å². The Morgan fingerprint density at radius 1 is 1.18 bits per heavy atom. The highest BCUT2D eigenvalue weighted by Gasteiger charge is 2.15. The Morgan fingerprint density at radius 2 is 1.93 bits per heavy atom. The number of nitrogens with one attached hydrogen (secondary N) is 1. The summed E-state index contributed by atoms with van der Waals surface area (Å²) in [5.74, 6) is 0.169. The summed E-state index contributed by atoms with van der Waals surface area (Å²) in [7, 11) is 1.73. The Hall–Kier alpha value is -3.06. The molecule has 0 radical (unpaired) electrons. The molecule has 0 saturated carbocycles. The number of anilines is 2. The van der Waals surface area contributed by atoms with Gasteiger partial charge < -0.3 is 10.2 Å². The fourth-order valence-corrected chi connectivity index (χ4v) is 2.79. The lowest BCUT2D eigenvalue weighted by atomic mass is 10.2. The van der Waals surface area contributed by atoms with E-state index in [0.29, 0.717) is 30.3 Å². The Morgan fingerprint density at radius 3 is 2.64 bits per heavy atom. The molecule has 3 aromatic rings. The fourth-order valence-electron chi connectivity index (χ4n) is 2.61. The predicted molar refractivity (Wildman–Crippen MR) is 106 cm³/mol. The van der Waals surface area contributed by atoms with E-state index in [9.17, 15) is 9.18 Å². The van der Waals surface area contributed by atoms with Crippen LogP contribution < -0.4 is 5.32 Å². The Kier molecular flexibility index (Phi) is 6.16. The van der Waals surface area contributed by atoms with Crippen LogP contribution in [0.15, 0.2) is 48.8 Å². The van der Waals surface area contributed by atoms with Crippen LogP contribution in [0.5, 0.6) is 0 Å². The molecule has 0 atom stereocenters. The lowest BCUT2D eigenvalue weighted by Crippen LogP contribution is -2.30. The number of aromatic nitrogens is 3. The first kappa shape index (κ1) is 19.7. The van der Waals surface area contributed by atoms with Crippen molar-refractivity contribution in [2.24, 2.45) is 0 Å². The number of pyridine rings is 1. The first-order valence-electron chi connectivity index (χ1n) is 8.64. The van der Waals surface area contributed by atoms with Crippen molar-refractivity contribution in [3.05, 3.63) is 76.7 Å². The second-order valence-electron chi connectivity index (χ2n) is 6.27. The molecule has 0 saturated heterocycles. The number of halogens is 2. The molecule has 0 spiro atoms. The van der Waals surface area contributed by atoms with Crippen LogP contribution in [0.1, 0.15) is 21.9 Å². The molecule has 0 bridgehead atoms. The summed E-state index contributed by atoms with van der Waals surface area (Å²) in [6.07, 6.45) is 4.17. The van der Waals surface area contributed by atoms with E-state index in [4.69, 9.17) is 11.6 Å². The van der Waals surface area contributed by atoms with Crippen LogP contribution in [-0.4, -0.2) is 39.4 Å². The van der Waals surface area contributed by atoms with E-state index < -0.39 is 5.82 Å². The zero-order valence-corrected chi connectivity index (χ0v) is 16.2. The van der Waals surface area contributed by atoms with Gasteiger partial charge in [0.1, 0.15) is 23.2 Å². The first-order chi connectivity index (χ1) is 13.4. The second-order valence-corrected chi connectivity index (χ2v) is 6.68. The quantitative estimate of drug-likeness (QED) is 0.677. The van der Waals surface area contributed by atoms with Crippen molar-refractivity contribution in [1.29, 1.82) is 0 Å². The minimum atomic E-state index is -0.502. The lowest BCUT2D eigenvalue weighted by molar-refractivity contribution is 0.0790. The summed E-state index contributed by atoms with van der Waals surface area (Å²) in [5, 5.41) is 3.03. The molecule has 6 nitrogen and oxygen atoms in total. The second kappa shape index (κ2) is 8.75. The lowest BCUT2D eigenvalue weighted by Gasteiger charge is -2.17. The molecule has 0 aliphatic heterocycles. The average Bonchev–Trinajstić information content (AvgIpc) is 2.68. The third-order valence-corrected chi connectivity index (χ3v) is 4.37. The number of aryl methyl sites for hydroxylation is 1. The molecule has 1 amide bonds. The molecule has 8 heteroatoms. The highest BCUT2D eigenvalue weighted by atomic mass is 35.5. The number of benzene rings is 1. The van der Waals surface area contributed by atoms with Crippen LogP contribution in [-0.2, 0) is 6.42 Å². The average molecular weight is 400 g/mol. The molecule has 3 rings (SSSR count). The fraction of sp³-hybridized carbons (Fsp3) is 0.200. The molecule has 0 fully saturated rings. The van der Waals surface area contributed by atoms with E-state index in [1.165, 1.54) is 12.1 Å². The van der Waals surface area contributed by atoms with Gasteiger partial charge in [-0.15, -0.1) is 0 Å². The van der Waals surface area contributed by atoms with Gasteiger partial charge in [-0.25, -0.2) is 14.4 Å². The minimum Gasteiger partial charge on any atom is -0.340 e. The van der Waals surface area contributed by atoms with E-state index in [1.807, 2.05) is 12.1 Å². The summed E-state index contributed by atoms with van der Waals surface area (Å²) in [5.41, 5.74) is 1.94. The van der Waals surface area contributed by atoms with Gasteiger partial charge in [0.2, 0.25) is 0 Å². The monoisotopic (exact) mass is 399 g/mol. The molecule has 1 aromatic carbocycles. The van der Waals surface area contributed by atoms with Crippen molar-refractivity contribution < 1.29 is 9.18 Å². The molecular formula is C20H19ClFN5O. The van der Waals surface area contributed by atoms with E-state index in [0.717, 1.165) is 5.56 Å². The third kappa shape index (κ3) is 5.01. The van der Waals surface area contributed by atoms with E-state index in [2.05, 4.69) is 20.3 Å². The molecule has 0 aliphatic carbocycles. The molecule has 28 heavy (non-hydrogen) atoms. The largest absolute Gasteiger partial charge is 0.340 e. The van der Waals surface area contributed by atoms with Crippen LogP contribution in [0.2, 0.25) is 5.02 Å². The van der Waals surface area contributed by atoms with Gasteiger partial charge in [0.05, 0.1) is 5.02 Å². The van der Waals surface area contributed by atoms with Gasteiger partial charge in [-0.05, 0) is 49.2 Å². The van der Waals surface area contributed by atoms with Crippen LogP contribution in [0, 0.1) is 12.7 Å². The molecule has 0 aliphatic rings. The number of hydrogen-bond donors (Lipinski definition) is 1. The molecule has 144 valence electrons. The highest BCUT2D eigenvalue weighted by Crippen LogP contribution is 2.22. The van der Waals surface area contributed by atoms with E-state index in [-0.39, 0.29) is 16.6 Å². The zero-order valence-electron chi connectivity index (χ0n) is 15.5. The molecule has 2 heterocycles. The van der Waals surface area contributed by atoms with Crippen molar-refractivity contribution in [1.82, 2.24) is 19.9 Å². The number of likely N-dealkylation sites (N-methyl/N-ethyl adjacent to an activating group) is 1. The van der Waals surface area contributed by atoms with Crippen molar-refractivity contribution >= 4 is 29.0 Å². The van der Waals surface area contributed by atoms with Crippen molar-refractivity contribution in [2.45, 2.75) is 13.3 Å². The standard InChI is InChI=1S/C20H19ClFN5O/c1-13-24-18(20(28)27(2)10-7-14-5-8-23-9-6-14)12-19(25-13)26-15-3-4-17(22)16(21)11-15/h3-6,8-9,11-12H,7,10H2,1-2H3,(H,24,25,26). The number of carbonyl (C=O) groups excluding carboxylic acids is 1. The summed E-state index contributed by atoms with van der Waals surface area (Å²) in [6.45, 7) is 2.25. The molecular weight excluding hydrogens is 381 g/mol. The Bertz CT molecular complexity index is 984. The van der Waals surface area contributed by atoms with Crippen molar-refractivity contribution in [3.63, 3.8) is 0 Å². The maximum Gasteiger partial charge on any atom is 0.272 e. The topological polar surface area (TPSA) is 71.0 Å². The zero-order chi connectivity index (χ0) is 20.1. The first-order valence-corrected chi connectivity index (χ1v) is 9.02. The summed E-state index contributed by atoms with van der Waals surface area (Å²) in [4.78, 5) is 26.9. The van der Waals surface area contributed by atoms with Gasteiger partial charge in [0.15, 0.2) is 0 Å². The maximum atomic E-state index is 13.3. The molecule has 0 unspecified atom stereocenters. The van der Waals surface area contributed by atoms with Crippen LogP contribution in [0.4, 0.5) is 15.9 Å². The number of hydrogen-bond acceptors (Lipinski definition) is 5. The third-order valence-electron chi connectivity index (χ3n) is 4.08. The smallest absolute Gasteiger partial charge is 0.272 e. The van der Waals surface area contributed by atoms with Crippen molar-refractivity contribution in [3.8, 4) is 0 Å². The van der Waals surface area contributed by atoms with Gasteiger partial charge in [-0.3, -0.25) is 9.78 Å². The predicted octanol–water partition coefficient (Wildman–Crippen LogP) is 4.03. The highest BCUT2D eigenvalue weighted by molar-refractivity contribution is 6.31. The number of rotatable bonds is 6. The maximum absolute atomic E-state index is 13.3. The van der Waals surface area contributed by atoms with E-state index >= 15 is 0 Å². The van der Waals surface area contributed by atoms with Gasteiger partial charge >= 0.3 is 0 Å². The van der Waals surface area contributed by atoms with Crippen LogP contribution in [0.3, 0.4) is 0 Å². The Balaban J connectivity index is 1.72. The van der Waals surface area contributed by atoms with Crippen LogP contribution >= 0.6 is 11.6 Å². The summed E-state index contributed by atoms with van der Waals surface area (Å²) in [6, 6.07) is 9.66. The SMILES string of the molecule is Cc1nc(Nc2ccc(F)c(Cl)c2)cc(C(=O)N(C)CCc2ccncc2)n1. The van der Waals surface area contributed by atoms with Gasteiger partial charge in [0.25, 0.3) is 5.91 Å². The van der Waals surface area contributed by atoms with Crippen LogP contribution in [0.25, 0.3) is 0 Å². The molecule has 2 aromatic heterocycles. The number of nitrogens with zero attached hydrogens (tertiary/aromatic N) is 4. The summed E-state index contributed by atoms with van der Waals surface area (Å²) >= 11 is 5.81. The minimum absolute atomic E-state index is 0.00271. The molecule has 1 N–H and O–H groups in total. The van der Waals surface area contributed by atoms with Gasteiger partial charge in [0, 0.05) is 37.7 Å². The Labute approximate surface area is 167 Å². The number of amides is 1. The van der Waals surface area contributed by atoms with Crippen molar-refractivity contribution in [2.75, 3.05) is 18.9 Å². The number of carbonyl (C=O) groups is 1. The normalized spacial score (nSPS) is 10.6. The summed E-state index contributed by atoms with van der Waals surface area (Å²) < 4.78 is 13.3. The van der Waals surface area contributed by atoms with Gasteiger partial charge in [-0.2, -0.15) is 0 Å².